The third kappa shape index (κ3) is 22.6. The number of nitrogens with two attached hydrogens (primary N) is 2. The van der Waals surface area contributed by atoms with E-state index in [9.17, 15) is 43.8 Å². The van der Waals surface area contributed by atoms with Crippen molar-refractivity contribution >= 4 is 47.1 Å². The molecule has 0 saturated carbocycles. The smallest absolute Gasteiger partial charge is 0.326 e. The molecule has 0 saturated heterocycles. The first kappa shape index (κ1) is 57.0. The summed E-state index contributed by atoms with van der Waals surface area (Å²) in [4.78, 5) is 90.3. The van der Waals surface area contributed by atoms with Crippen molar-refractivity contribution in [3.63, 3.8) is 0 Å². The fraction of sp³-hybridized carbons (Fsp3) is 0.528. The van der Waals surface area contributed by atoms with Crippen LogP contribution in [-0.2, 0) is 52.8 Å². The van der Waals surface area contributed by atoms with Gasteiger partial charge in [-0.2, -0.15) is 0 Å². The highest BCUT2D eigenvalue weighted by atomic mass is 16.4. The number of carboxylic acids is 1. The number of aliphatic hydroxyl groups excluding tert-OH is 1. The molecule has 69 heavy (non-hydrogen) atoms. The normalized spacial score (nSPS) is 14.1. The van der Waals surface area contributed by atoms with Crippen LogP contribution >= 0.6 is 0 Å². The Kier molecular flexibility index (Phi) is 26.2. The third-order valence-electron chi connectivity index (χ3n) is 12.3. The van der Waals surface area contributed by atoms with Gasteiger partial charge in [-0.05, 0) is 54.5 Å². The van der Waals surface area contributed by atoms with Gasteiger partial charge in [0, 0.05) is 37.8 Å². The Bertz CT molecular complexity index is 2040. The van der Waals surface area contributed by atoms with Gasteiger partial charge in [-0.3, -0.25) is 28.8 Å². The number of aliphatic hydroxyl groups is 1. The van der Waals surface area contributed by atoms with Crippen LogP contribution in [-0.4, -0.2) is 87.9 Å². The highest BCUT2D eigenvalue weighted by Gasteiger charge is 2.34. The number of rotatable bonds is 34. The van der Waals surface area contributed by atoms with Crippen molar-refractivity contribution in [3.8, 4) is 0 Å². The van der Waals surface area contributed by atoms with Crippen LogP contribution in [0.15, 0.2) is 84.9 Å². The molecule has 0 fully saturated rings. The number of aliphatic carboxylic acids is 1. The largest absolute Gasteiger partial charge is 0.480 e. The molecule has 0 aromatic heterocycles. The van der Waals surface area contributed by atoms with Gasteiger partial charge in [0.15, 0.2) is 0 Å². The Morgan fingerprint density at radius 1 is 0.493 bits per heavy atom. The number of nitrogens with one attached hydrogen (secondary N) is 5. The number of anilines is 1. The Morgan fingerprint density at radius 3 is 1.35 bits per heavy atom. The van der Waals surface area contributed by atoms with Gasteiger partial charge in [0.25, 0.3) is 0 Å². The molecule has 0 aliphatic carbocycles. The zero-order valence-corrected chi connectivity index (χ0v) is 40.8. The van der Waals surface area contributed by atoms with Gasteiger partial charge in [-0.15, -0.1) is 0 Å². The number of unbranched alkanes of at least 4 members (excludes halogenated alkanes) is 11. The Labute approximate surface area is 407 Å². The molecule has 16 heteroatoms. The molecular formula is C53H77N7O9. The van der Waals surface area contributed by atoms with E-state index in [1.54, 1.807) is 55.5 Å². The molecule has 0 radical (unpaired) electrons. The first-order chi connectivity index (χ1) is 33.1. The predicted molar refractivity (Wildman–Crippen MR) is 267 cm³/mol. The lowest BCUT2D eigenvalue weighted by atomic mass is 9.96. The summed E-state index contributed by atoms with van der Waals surface area (Å²) < 4.78 is 0. The van der Waals surface area contributed by atoms with Crippen molar-refractivity contribution in [2.45, 2.75) is 173 Å². The fourth-order valence-corrected chi connectivity index (χ4v) is 7.96. The van der Waals surface area contributed by atoms with Crippen LogP contribution in [0.2, 0.25) is 0 Å². The van der Waals surface area contributed by atoms with Gasteiger partial charge in [0.05, 0.1) is 6.10 Å². The molecule has 16 nitrogen and oxygen atoms in total. The van der Waals surface area contributed by atoms with Gasteiger partial charge in [0.1, 0.15) is 30.2 Å². The van der Waals surface area contributed by atoms with Gasteiger partial charge < -0.3 is 48.3 Å². The molecule has 0 bridgehead atoms. The molecule has 7 atom stereocenters. The quantitative estimate of drug-likeness (QED) is 0.0280. The second-order valence-corrected chi connectivity index (χ2v) is 18.2. The average Bonchev–Trinajstić information content (AvgIpc) is 3.32. The lowest BCUT2D eigenvalue weighted by Gasteiger charge is -2.28. The zero-order chi connectivity index (χ0) is 50.6. The SMILES string of the molecule is CC[C@H](C)[C@H](NC(=O)[C@@H](NC(=O)CCCCCCCCCCCCCCC(=O)N[C@@H](Cc1ccc(N)cc1)C(=O)N[C@@H](Cc1ccccc1)C(=O)O)C(C)O)C(=O)N[C@@H](Cc1ccccc1)C(N)=O. The molecular weight excluding hydrogens is 879 g/mol. The van der Waals surface area contributed by atoms with E-state index in [1.165, 1.54) is 6.92 Å². The standard InChI is InChI=1S/C53H77N7O9/c1-4-36(2)47(51(66)57-42(49(55)64)33-38-23-17-15-18-24-38)60-52(67)48(37(3)61)59-46(63)28-22-14-12-10-8-6-5-7-9-11-13-21-27-45(62)56-43(34-40-29-31-41(54)32-30-40)50(65)58-44(53(68)69)35-39-25-19-16-20-26-39/h15-20,23-26,29-32,36-37,42-44,47-48,61H,4-14,21-22,27-28,33-35,54H2,1-3H3,(H2,55,64)(H,56,62)(H,57,66)(H,58,65)(H,59,63)(H,60,67)(H,68,69)/t36-,37?,42-,43-,44-,47-,48-/m0/s1. The summed E-state index contributed by atoms with van der Waals surface area (Å²) in [5, 5.41) is 33.7. The maximum Gasteiger partial charge on any atom is 0.326 e. The molecule has 3 rings (SSSR count). The van der Waals surface area contributed by atoms with E-state index in [1.807, 2.05) is 43.3 Å². The summed E-state index contributed by atoms with van der Waals surface area (Å²) >= 11 is 0. The number of carbonyl (C=O) groups excluding carboxylic acids is 6. The van der Waals surface area contributed by atoms with Crippen molar-refractivity contribution in [1.82, 2.24) is 26.6 Å². The first-order valence-corrected chi connectivity index (χ1v) is 24.7. The van der Waals surface area contributed by atoms with E-state index >= 15 is 0 Å². The van der Waals surface area contributed by atoms with Crippen LogP contribution < -0.4 is 38.1 Å². The molecule has 3 aromatic rings. The number of carboxylic acid groups (broad SMARTS) is 1. The molecule has 3 aromatic carbocycles. The zero-order valence-electron chi connectivity index (χ0n) is 40.8. The molecule has 0 spiro atoms. The lowest BCUT2D eigenvalue weighted by molar-refractivity contribution is -0.142. The molecule has 6 amide bonds. The summed E-state index contributed by atoms with van der Waals surface area (Å²) in [6.07, 6.45) is 11.7. The van der Waals surface area contributed by atoms with Crippen molar-refractivity contribution in [3.05, 3.63) is 102 Å². The molecule has 1 unspecified atom stereocenters. The Hall–Kier alpha value is -6.29. The number of nitrogen functional groups attached to an aromatic ring is 1. The maximum atomic E-state index is 13.4. The number of primary amides is 1. The van der Waals surface area contributed by atoms with Crippen LogP contribution in [0.1, 0.15) is 134 Å². The third-order valence-corrected chi connectivity index (χ3v) is 12.3. The van der Waals surface area contributed by atoms with Crippen molar-refractivity contribution < 1.29 is 43.8 Å². The number of hydrogen-bond acceptors (Lipinski definition) is 9. The van der Waals surface area contributed by atoms with E-state index < -0.39 is 65.9 Å². The summed E-state index contributed by atoms with van der Waals surface area (Å²) in [7, 11) is 0. The fourth-order valence-electron chi connectivity index (χ4n) is 7.96. The molecule has 378 valence electrons. The second kappa shape index (κ2) is 31.7. The number of carbonyl (C=O) groups is 7. The van der Waals surface area contributed by atoms with Gasteiger partial charge in [0.2, 0.25) is 35.4 Å². The van der Waals surface area contributed by atoms with E-state index in [4.69, 9.17) is 11.5 Å². The van der Waals surface area contributed by atoms with Gasteiger partial charge in [-0.1, -0.05) is 157 Å². The maximum absolute atomic E-state index is 13.4. The van der Waals surface area contributed by atoms with Crippen LogP contribution in [0, 0.1) is 5.92 Å². The number of amides is 6. The number of hydrogen-bond donors (Lipinski definition) is 9. The molecule has 0 aliphatic rings. The van der Waals surface area contributed by atoms with Crippen molar-refractivity contribution in [1.29, 1.82) is 0 Å². The van der Waals surface area contributed by atoms with E-state index in [0.717, 1.165) is 80.9 Å². The minimum absolute atomic E-state index is 0.109. The summed E-state index contributed by atoms with van der Waals surface area (Å²) in [6.45, 7) is 5.05. The summed E-state index contributed by atoms with van der Waals surface area (Å²) in [5.41, 5.74) is 14.4. The topological polar surface area (TPSA) is 272 Å². The van der Waals surface area contributed by atoms with Crippen LogP contribution in [0.5, 0.6) is 0 Å². The molecule has 11 N–H and O–H groups in total. The predicted octanol–water partition coefficient (Wildman–Crippen LogP) is 5.18. The first-order valence-electron chi connectivity index (χ1n) is 24.7. The van der Waals surface area contributed by atoms with Crippen molar-refractivity contribution in [2.75, 3.05) is 5.73 Å². The molecule has 0 heterocycles. The Balaban J connectivity index is 1.29. The van der Waals surface area contributed by atoms with E-state index in [0.29, 0.717) is 24.9 Å². The number of benzene rings is 3. The highest BCUT2D eigenvalue weighted by Crippen LogP contribution is 2.16. The summed E-state index contributed by atoms with van der Waals surface area (Å²) in [6, 6.07) is 19.7. The highest BCUT2D eigenvalue weighted by molar-refractivity contribution is 5.94. The van der Waals surface area contributed by atoms with Crippen molar-refractivity contribution in [2.24, 2.45) is 11.7 Å². The van der Waals surface area contributed by atoms with Crippen LogP contribution in [0.3, 0.4) is 0 Å². The minimum Gasteiger partial charge on any atom is -0.480 e. The van der Waals surface area contributed by atoms with E-state index in [2.05, 4.69) is 26.6 Å². The van der Waals surface area contributed by atoms with E-state index in [-0.39, 0.29) is 49.8 Å². The monoisotopic (exact) mass is 956 g/mol. The molecule has 0 aliphatic heterocycles. The Morgan fingerprint density at radius 2 is 0.899 bits per heavy atom. The van der Waals surface area contributed by atoms with Gasteiger partial charge >= 0.3 is 5.97 Å². The minimum atomic E-state index is -1.27. The van der Waals surface area contributed by atoms with Crippen LogP contribution in [0.4, 0.5) is 5.69 Å². The van der Waals surface area contributed by atoms with Crippen LogP contribution in [0.25, 0.3) is 0 Å². The summed E-state index contributed by atoms with van der Waals surface area (Å²) in [5.74, 6) is -4.68. The second-order valence-electron chi connectivity index (χ2n) is 18.2. The lowest BCUT2D eigenvalue weighted by Crippen LogP contribution is -2.60. The average molecular weight is 956 g/mol. The van der Waals surface area contributed by atoms with Gasteiger partial charge in [-0.25, -0.2) is 4.79 Å².